The highest BCUT2D eigenvalue weighted by atomic mass is 35.5. The van der Waals surface area contributed by atoms with Crippen LogP contribution in [0, 0.1) is 0 Å². The zero-order valence-electron chi connectivity index (χ0n) is 20.0. The molecule has 0 unspecified atom stereocenters. The zero-order chi connectivity index (χ0) is 25.8. The highest BCUT2D eigenvalue weighted by molar-refractivity contribution is 6.30. The van der Waals surface area contributed by atoms with Gasteiger partial charge in [-0.05, 0) is 55.0 Å². The summed E-state index contributed by atoms with van der Waals surface area (Å²) in [6.07, 6.45) is 1.99. The summed E-state index contributed by atoms with van der Waals surface area (Å²) in [6, 6.07) is 14.9. The summed E-state index contributed by atoms with van der Waals surface area (Å²) in [5, 5.41) is 0.903. The maximum absolute atomic E-state index is 13.0. The Labute approximate surface area is 217 Å². The molecule has 0 saturated heterocycles. The lowest BCUT2D eigenvalue weighted by molar-refractivity contribution is -0.0175. The molecule has 4 aromatic rings. The van der Waals surface area contributed by atoms with E-state index >= 15 is 0 Å². The van der Waals surface area contributed by atoms with E-state index in [1.165, 1.54) is 6.26 Å². The van der Waals surface area contributed by atoms with Gasteiger partial charge in [0.2, 0.25) is 11.2 Å². The summed E-state index contributed by atoms with van der Waals surface area (Å²) in [6.45, 7) is 3.08. The number of carbonyl (C=O) groups excluding carboxylic acids is 1. The molecule has 0 atom stereocenters. The van der Waals surface area contributed by atoms with E-state index in [0.29, 0.717) is 52.0 Å². The number of hydrogen-bond donors (Lipinski definition) is 0. The first-order chi connectivity index (χ1) is 18.0. The van der Waals surface area contributed by atoms with Gasteiger partial charge in [-0.3, -0.25) is 4.79 Å². The lowest BCUT2D eigenvalue weighted by atomic mass is 10.1. The summed E-state index contributed by atoms with van der Waals surface area (Å²) in [4.78, 5) is 24.9. The lowest BCUT2D eigenvalue weighted by Gasteiger charge is -2.21. The number of halogens is 1. The van der Waals surface area contributed by atoms with E-state index < -0.39 is 5.97 Å². The molecule has 0 amide bonds. The van der Waals surface area contributed by atoms with E-state index in [0.717, 1.165) is 17.5 Å². The van der Waals surface area contributed by atoms with Crippen molar-refractivity contribution in [3.05, 3.63) is 92.8 Å². The molecule has 190 valence electrons. The van der Waals surface area contributed by atoms with Crippen molar-refractivity contribution in [1.29, 1.82) is 0 Å². The summed E-state index contributed by atoms with van der Waals surface area (Å²) >= 11 is 6.22. The van der Waals surface area contributed by atoms with Crippen molar-refractivity contribution in [3.63, 3.8) is 0 Å². The molecule has 8 nitrogen and oxygen atoms in total. The fourth-order valence-electron chi connectivity index (χ4n) is 3.84. The predicted molar refractivity (Wildman–Crippen MR) is 136 cm³/mol. The second kappa shape index (κ2) is 10.9. The van der Waals surface area contributed by atoms with E-state index in [4.69, 9.17) is 39.7 Å². The topological polar surface area (TPSA) is 93.4 Å². The average molecular weight is 523 g/mol. The first-order valence-electron chi connectivity index (χ1n) is 11.7. The molecule has 0 spiro atoms. The summed E-state index contributed by atoms with van der Waals surface area (Å²) in [7, 11) is 0. The normalized spacial score (nSPS) is 12.5. The van der Waals surface area contributed by atoms with E-state index in [-0.39, 0.29) is 24.6 Å². The van der Waals surface area contributed by atoms with Gasteiger partial charge >= 0.3 is 5.97 Å². The summed E-state index contributed by atoms with van der Waals surface area (Å²) in [5.41, 5.74) is 2.07. The number of carbonyl (C=O) groups is 1. The van der Waals surface area contributed by atoms with Crippen molar-refractivity contribution in [1.82, 2.24) is 0 Å². The largest absolute Gasteiger partial charge is 0.489 e. The Balaban J connectivity index is 1.30. The minimum atomic E-state index is -0.409. The van der Waals surface area contributed by atoms with E-state index in [9.17, 15) is 9.59 Å². The van der Waals surface area contributed by atoms with Crippen LogP contribution in [-0.4, -0.2) is 19.4 Å². The van der Waals surface area contributed by atoms with Gasteiger partial charge in [0, 0.05) is 22.2 Å². The Morgan fingerprint density at radius 2 is 1.86 bits per heavy atom. The van der Waals surface area contributed by atoms with Gasteiger partial charge in [0.25, 0.3) is 0 Å². The molecular formula is C28H23ClO8. The van der Waals surface area contributed by atoms with Crippen LogP contribution < -0.4 is 19.6 Å². The molecule has 0 fully saturated rings. The van der Waals surface area contributed by atoms with Crippen molar-refractivity contribution in [2.24, 2.45) is 0 Å². The molecule has 1 aliphatic rings. The van der Waals surface area contributed by atoms with Gasteiger partial charge < -0.3 is 28.1 Å². The molecule has 1 aromatic heterocycles. The van der Waals surface area contributed by atoms with Gasteiger partial charge in [0.05, 0.1) is 24.2 Å². The van der Waals surface area contributed by atoms with Crippen LogP contribution >= 0.6 is 11.6 Å². The standard InChI is InChI=1S/C28H23ClO8/c1-2-9-33-28(31)17-3-5-21(6-4-17)37-25-15-35-24-12-22(7-8-23(24)26(25)30)34-14-19-11-20(29)10-18-13-32-16-36-27(18)19/h3-8,10-12,15H,2,9,13-14,16H2,1H3. The van der Waals surface area contributed by atoms with Crippen LogP contribution in [-0.2, 0) is 22.7 Å². The van der Waals surface area contributed by atoms with Crippen molar-refractivity contribution in [3.8, 4) is 23.0 Å². The maximum atomic E-state index is 13.0. The fourth-order valence-corrected chi connectivity index (χ4v) is 4.10. The third kappa shape index (κ3) is 5.55. The number of fused-ring (bicyclic) bond motifs is 2. The predicted octanol–water partition coefficient (Wildman–Crippen LogP) is 6.25. The quantitative estimate of drug-likeness (QED) is 0.251. The molecule has 1 aliphatic heterocycles. The molecule has 3 aromatic carbocycles. The smallest absolute Gasteiger partial charge is 0.338 e. The van der Waals surface area contributed by atoms with Crippen LogP contribution in [0.4, 0.5) is 0 Å². The second-order valence-electron chi connectivity index (χ2n) is 8.30. The Bertz CT molecular complexity index is 1490. The van der Waals surface area contributed by atoms with E-state index in [1.54, 1.807) is 54.6 Å². The number of ether oxygens (including phenoxy) is 5. The maximum Gasteiger partial charge on any atom is 0.338 e. The Hall–Kier alpha value is -4.01. The number of benzene rings is 3. The molecule has 5 rings (SSSR count). The second-order valence-corrected chi connectivity index (χ2v) is 8.74. The van der Waals surface area contributed by atoms with E-state index in [2.05, 4.69) is 0 Å². The van der Waals surface area contributed by atoms with Crippen LogP contribution in [0.15, 0.2) is 70.1 Å². The molecule has 0 radical (unpaired) electrons. The van der Waals surface area contributed by atoms with Gasteiger partial charge in [0.1, 0.15) is 35.7 Å². The molecule has 0 bridgehead atoms. The third-order valence-electron chi connectivity index (χ3n) is 5.62. The third-order valence-corrected chi connectivity index (χ3v) is 5.83. The highest BCUT2D eigenvalue weighted by Gasteiger charge is 2.17. The van der Waals surface area contributed by atoms with Crippen molar-refractivity contribution >= 4 is 28.5 Å². The minimum Gasteiger partial charge on any atom is -0.489 e. The van der Waals surface area contributed by atoms with Crippen LogP contribution in [0.2, 0.25) is 5.02 Å². The molecule has 2 heterocycles. The van der Waals surface area contributed by atoms with Crippen molar-refractivity contribution < 1.29 is 32.9 Å². The van der Waals surface area contributed by atoms with Crippen molar-refractivity contribution in [2.45, 2.75) is 26.6 Å². The summed E-state index contributed by atoms with van der Waals surface area (Å²) < 4.78 is 33.3. The lowest BCUT2D eigenvalue weighted by Crippen LogP contribution is -2.14. The first-order valence-corrected chi connectivity index (χ1v) is 12.0. The van der Waals surface area contributed by atoms with Crippen LogP contribution in [0.5, 0.6) is 23.0 Å². The summed E-state index contributed by atoms with van der Waals surface area (Å²) in [5.74, 6) is 1.21. The van der Waals surface area contributed by atoms with Crippen LogP contribution in [0.3, 0.4) is 0 Å². The molecule has 9 heteroatoms. The molecule has 0 N–H and O–H groups in total. The molecular weight excluding hydrogens is 500 g/mol. The Morgan fingerprint density at radius 1 is 1.05 bits per heavy atom. The van der Waals surface area contributed by atoms with Gasteiger partial charge in [-0.1, -0.05) is 18.5 Å². The number of rotatable bonds is 8. The molecule has 0 aliphatic carbocycles. The SMILES string of the molecule is CCCOC(=O)c1ccc(Oc2coc3cc(OCc4cc(Cl)cc5c4OCOC5)ccc3c2=O)cc1. The van der Waals surface area contributed by atoms with Gasteiger partial charge in [-0.25, -0.2) is 4.79 Å². The molecule has 0 saturated carbocycles. The van der Waals surface area contributed by atoms with Gasteiger partial charge in [-0.15, -0.1) is 0 Å². The Kier molecular flexibility index (Phi) is 7.30. The minimum absolute atomic E-state index is 0.0207. The first kappa shape index (κ1) is 24.7. The zero-order valence-corrected chi connectivity index (χ0v) is 20.7. The van der Waals surface area contributed by atoms with E-state index in [1.807, 2.05) is 6.92 Å². The Morgan fingerprint density at radius 3 is 2.68 bits per heavy atom. The van der Waals surface area contributed by atoms with Gasteiger partial charge in [-0.2, -0.15) is 0 Å². The number of hydrogen-bond acceptors (Lipinski definition) is 8. The highest BCUT2D eigenvalue weighted by Crippen LogP contribution is 2.33. The van der Waals surface area contributed by atoms with Crippen LogP contribution in [0.25, 0.3) is 11.0 Å². The average Bonchev–Trinajstić information content (AvgIpc) is 2.92. The van der Waals surface area contributed by atoms with Gasteiger partial charge in [0.15, 0.2) is 6.79 Å². The molecule has 37 heavy (non-hydrogen) atoms. The fraction of sp³-hybridized carbons (Fsp3) is 0.214. The number of esters is 1. The van der Waals surface area contributed by atoms with Crippen LogP contribution in [0.1, 0.15) is 34.8 Å². The van der Waals surface area contributed by atoms with Crippen molar-refractivity contribution in [2.75, 3.05) is 13.4 Å². The monoisotopic (exact) mass is 522 g/mol.